The number of hydrogen-bond acceptors (Lipinski definition) is 2. The third-order valence-electron chi connectivity index (χ3n) is 3.46. The molecule has 3 nitrogen and oxygen atoms in total. The number of carbonyl (C=O) groups is 1. The number of benzene rings is 2. The molecule has 3 heteroatoms. The SMILES string of the molecule is Cc1ccc(N(C)C(=O)c2ccc(C)cc2N)c(C)c1. The molecule has 0 unspecified atom stereocenters. The molecule has 2 aromatic rings. The number of aryl methyl sites for hydroxylation is 3. The lowest BCUT2D eigenvalue weighted by atomic mass is 10.1. The number of nitrogens with zero attached hydrogens (tertiary/aromatic N) is 1. The Balaban J connectivity index is 2.37. The van der Waals surface area contributed by atoms with E-state index in [1.165, 1.54) is 5.56 Å². The number of amides is 1. The number of nitrogens with two attached hydrogens (primary N) is 1. The van der Waals surface area contributed by atoms with Crippen LogP contribution < -0.4 is 10.6 Å². The zero-order chi connectivity index (χ0) is 14.9. The van der Waals surface area contributed by atoms with Crippen molar-refractivity contribution in [2.24, 2.45) is 0 Å². The van der Waals surface area contributed by atoms with E-state index >= 15 is 0 Å². The fourth-order valence-corrected chi connectivity index (χ4v) is 2.35. The van der Waals surface area contributed by atoms with Crippen LogP contribution in [0.1, 0.15) is 27.0 Å². The van der Waals surface area contributed by atoms with E-state index in [0.717, 1.165) is 16.8 Å². The molecule has 0 atom stereocenters. The number of rotatable bonds is 2. The van der Waals surface area contributed by atoms with Crippen LogP contribution in [0.4, 0.5) is 11.4 Å². The summed E-state index contributed by atoms with van der Waals surface area (Å²) in [5.41, 5.74) is 11.2. The molecule has 0 fully saturated rings. The van der Waals surface area contributed by atoms with Gasteiger partial charge in [0, 0.05) is 18.4 Å². The second kappa shape index (κ2) is 5.37. The fraction of sp³-hybridized carbons (Fsp3) is 0.235. The van der Waals surface area contributed by atoms with Crippen LogP contribution in [0, 0.1) is 20.8 Å². The smallest absolute Gasteiger partial charge is 0.260 e. The second-order valence-electron chi connectivity index (χ2n) is 5.24. The van der Waals surface area contributed by atoms with Crippen molar-refractivity contribution in [1.82, 2.24) is 0 Å². The lowest BCUT2D eigenvalue weighted by Crippen LogP contribution is -2.27. The van der Waals surface area contributed by atoms with Gasteiger partial charge in [-0.2, -0.15) is 0 Å². The van der Waals surface area contributed by atoms with Crippen LogP contribution in [0.15, 0.2) is 36.4 Å². The summed E-state index contributed by atoms with van der Waals surface area (Å²) >= 11 is 0. The third-order valence-corrected chi connectivity index (χ3v) is 3.46. The van der Waals surface area contributed by atoms with Gasteiger partial charge in [0.05, 0.1) is 5.56 Å². The zero-order valence-electron chi connectivity index (χ0n) is 12.4. The van der Waals surface area contributed by atoms with Gasteiger partial charge in [-0.1, -0.05) is 23.8 Å². The number of hydrogen-bond donors (Lipinski definition) is 1. The van der Waals surface area contributed by atoms with Crippen molar-refractivity contribution < 1.29 is 4.79 Å². The van der Waals surface area contributed by atoms with Gasteiger partial charge in [-0.25, -0.2) is 0 Å². The van der Waals surface area contributed by atoms with E-state index in [1.54, 1.807) is 18.0 Å². The van der Waals surface area contributed by atoms with E-state index in [1.807, 2.05) is 45.0 Å². The maximum Gasteiger partial charge on any atom is 0.260 e. The molecule has 2 aromatic carbocycles. The first-order valence-electron chi connectivity index (χ1n) is 6.61. The van der Waals surface area contributed by atoms with Gasteiger partial charge in [-0.15, -0.1) is 0 Å². The minimum Gasteiger partial charge on any atom is -0.398 e. The maximum absolute atomic E-state index is 12.6. The molecule has 0 aromatic heterocycles. The van der Waals surface area contributed by atoms with Gasteiger partial charge in [-0.3, -0.25) is 4.79 Å². The number of nitrogen functional groups attached to an aromatic ring is 1. The Bertz CT molecular complexity index is 662. The average molecular weight is 268 g/mol. The predicted molar refractivity (Wildman–Crippen MR) is 84.2 cm³/mol. The molecule has 0 saturated heterocycles. The van der Waals surface area contributed by atoms with Gasteiger partial charge < -0.3 is 10.6 Å². The molecule has 0 radical (unpaired) electrons. The quantitative estimate of drug-likeness (QED) is 0.848. The van der Waals surface area contributed by atoms with E-state index < -0.39 is 0 Å². The first kappa shape index (κ1) is 14.1. The molecule has 20 heavy (non-hydrogen) atoms. The van der Waals surface area contributed by atoms with Gasteiger partial charge in [0.2, 0.25) is 0 Å². The highest BCUT2D eigenvalue weighted by atomic mass is 16.2. The van der Waals surface area contributed by atoms with Crippen LogP contribution in [0.5, 0.6) is 0 Å². The Hall–Kier alpha value is -2.29. The molecule has 104 valence electrons. The van der Waals surface area contributed by atoms with Crippen molar-refractivity contribution in [2.45, 2.75) is 20.8 Å². The van der Waals surface area contributed by atoms with Crippen molar-refractivity contribution in [2.75, 3.05) is 17.7 Å². The summed E-state index contributed by atoms with van der Waals surface area (Å²) in [4.78, 5) is 14.2. The largest absolute Gasteiger partial charge is 0.398 e. The molecule has 2 N–H and O–H groups in total. The molecule has 1 amide bonds. The summed E-state index contributed by atoms with van der Waals surface area (Å²) in [6, 6.07) is 11.5. The number of anilines is 2. The van der Waals surface area contributed by atoms with E-state index in [0.29, 0.717) is 11.3 Å². The summed E-state index contributed by atoms with van der Waals surface area (Å²) in [5, 5.41) is 0. The first-order valence-corrected chi connectivity index (χ1v) is 6.61. The molecule has 0 spiro atoms. The molecule has 2 rings (SSSR count). The highest BCUT2D eigenvalue weighted by molar-refractivity contribution is 6.09. The first-order chi connectivity index (χ1) is 9.40. The van der Waals surface area contributed by atoms with Crippen molar-refractivity contribution in [3.8, 4) is 0 Å². The summed E-state index contributed by atoms with van der Waals surface area (Å²) in [7, 11) is 1.78. The Labute approximate surface area is 120 Å². The highest BCUT2D eigenvalue weighted by Gasteiger charge is 2.17. The van der Waals surface area contributed by atoms with Gasteiger partial charge in [-0.05, 0) is 50.1 Å². The minimum absolute atomic E-state index is 0.0885. The molecule has 0 saturated carbocycles. The minimum atomic E-state index is -0.0885. The Morgan fingerprint density at radius 2 is 1.60 bits per heavy atom. The Morgan fingerprint density at radius 1 is 1.00 bits per heavy atom. The Kier molecular flexibility index (Phi) is 3.79. The van der Waals surface area contributed by atoms with Crippen LogP contribution >= 0.6 is 0 Å². The van der Waals surface area contributed by atoms with Crippen LogP contribution in [-0.4, -0.2) is 13.0 Å². The van der Waals surface area contributed by atoms with E-state index in [-0.39, 0.29) is 5.91 Å². The van der Waals surface area contributed by atoms with Crippen molar-refractivity contribution >= 4 is 17.3 Å². The van der Waals surface area contributed by atoms with E-state index in [4.69, 9.17) is 5.73 Å². The highest BCUT2D eigenvalue weighted by Crippen LogP contribution is 2.23. The van der Waals surface area contributed by atoms with Crippen LogP contribution in [0.3, 0.4) is 0 Å². The molecule has 0 aliphatic carbocycles. The fourth-order valence-electron chi connectivity index (χ4n) is 2.35. The van der Waals surface area contributed by atoms with Crippen LogP contribution in [-0.2, 0) is 0 Å². The van der Waals surface area contributed by atoms with Gasteiger partial charge in [0.15, 0.2) is 0 Å². The maximum atomic E-state index is 12.6. The average Bonchev–Trinajstić information content (AvgIpc) is 2.37. The lowest BCUT2D eigenvalue weighted by molar-refractivity contribution is 0.0993. The van der Waals surface area contributed by atoms with Gasteiger partial charge >= 0.3 is 0 Å². The lowest BCUT2D eigenvalue weighted by Gasteiger charge is -2.21. The number of carbonyl (C=O) groups excluding carboxylic acids is 1. The topological polar surface area (TPSA) is 46.3 Å². The Morgan fingerprint density at radius 3 is 2.20 bits per heavy atom. The monoisotopic (exact) mass is 268 g/mol. The summed E-state index contributed by atoms with van der Waals surface area (Å²) in [6.07, 6.45) is 0. The normalized spacial score (nSPS) is 10.4. The molecular weight excluding hydrogens is 248 g/mol. The van der Waals surface area contributed by atoms with Crippen molar-refractivity contribution in [1.29, 1.82) is 0 Å². The van der Waals surface area contributed by atoms with Crippen LogP contribution in [0.25, 0.3) is 0 Å². The van der Waals surface area contributed by atoms with E-state index in [2.05, 4.69) is 6.07 Å². The molecular formula is C17H20N2O. The molecule has 0 bridgehead atoms. The zero-order valence-corrected chi connectivity index (χ0v) is 12.4. The molecule has 0 aliphatic rings. The van der Waals surface area contributed by atoms with Crippen molar-refractivity contribution in [3.63, 3.8) is 0 Å². The van der Waals surface area contributed by atoms with Gasteiger partial charge in [0.1, 0.15) is 0 Å². The second-order valence-corrected chi connectivity index (χ2v) is 5.24. The summed E-state index contributed by atoms with van der Waals surface area (Å²) in [6.45, 7) is 6.00. The molecule has 0 heterocycles. The standard InChI is InChI=1S/C17H20N2O/c1-11-6-8-16(13(3)9-11)19(4)17(20)14-7-5-12(2)10-15(14)18/h5-10H,18H2,1-4H3. The van der Waals surface area contributed by atoms with Gasteiger partial charge in [0.25, 0.3) is 5.91 Å². The van der Waals surface area contributed by atoms with E-state index in [9.17, 15) is 4.79 Å². The molecule has 0 aliphatic heterocycles. The van der Waals surface area contributed by atoms with Crippen molar-refractivity contribution in [3.05, 3.63) is 58.7 Å². The summed E-state index contributed by atoms with van der Waals surface area (Å²) in [5.74, 6) is -0.0885. The van der Waals surface area contributed by atoms with Crippen LogP contribution in [0.2, 0.25) is 0 Å². The summed E-state index contributed by atoms with van der Waals surface area (Å²) < 4.78 is 0. The predicted octanol–water partition coefficient (Wildman–Crippen LogP) is 3.47. The third kappa shape index (κ3) is 2.67.